The van der Waals surface area contributed by atoms with E-state index in [9.17, 15) is 9.59 Å². The van der Waals surface area contributed by atoms with Gasteiger partial charge in [0.2, 0.25) is 11.8 Å². The molecule has 4 heteroatoms. The van der Waals surface area contributed by atoms with Gasteiger partial charge in [-0.1, -0.05) is 6.08 Å². The van der Waals surface area contributed by atoms with Crippen LogP contribution in [0.4, 0.5) is 0 Å². The van der Waals surface area contributed by atoms with Crippen LogP contribution >= 0.6 is 0 Å². The van der Waals surface area contributed by atoms with E-state index in [4.69, 9.17) is 5.73 Å². The van der Waals surface area contributed by atoms with Gasteiger partial charge in [0.05, 0.1) is 0 Å². The van der Waals surface area contributed by atoms with Crippen LogP contribution < -0.4 is 11.1 Å². The third-order valence-electron chi connectivity index (χ3n) is 1.76. The van der Waals surface area contributed by atoms with Gasteiger partial charge in [-0.15, -0.1) is 6.58 Å². The van der Waals surface area contributed by atoms with Crippen molar-refractivity contribution >= 4 is 11.8 Å². The molecule has 3 N–H and O–H groups in total. The number of hydrogen-bond acceptors (Lipinski definition) is 2. The molecule has 0 aromatic heterocycles. The van der Waals surface area contributed by atoms with E-state index in [1.165, 1.54) is 0 Å². The molecular weight excluding hydrogens is 144 g/mol. The number of amides is 2. The molecule has 1 heterocycles. The average molecular weight is 154 g/mol. The molecule has 1 aliphatic heterocycles. The normalized spacial score (nSPS) is 29.6. The van der Waals surface area contributed by atoms with Crippen LogP contribution in [0.2, 0.25) is 0 Å². The number of carbonyl (C=O) groups is 2. The monoisotopic (exact) mass is 154 g/mol. The highest BCUT2D eigenvalue weighted by Crippen LogP contribution is 2.14. The molecule has 0 spiro atoms. The third kappa shape index (κ3) is 1.39. The highest BCUT2D eigenvalue weighted by atomic mass is 16.2. The highest BCUT2D eigenvalue weighted by Gasteiger charge is 2.34. The SMILES string of the molecule is C=C[C@@H]1C[C@H](C(N)=O)C(=O)N1. The van der Waals surface area contributed by atoms with Crippen molar-refractivity contribution in [1.29, 1.82) is 0 Å². The summed E-state index contributed by atoms with van der Waals surface area (Å²) in [5.41, 5.74) is 4.97. The Hall–Kier alpha value is -1.32. The maximum absolute atomic E-state index is 10.9. The molecule has 0 aromatic carbocycles. The van der Waals surface area contributed by atoms with Crippen LogP contribution in [0.15, 0.2) is 12.7 Å². The van der Waals surface area contributed by atoms with Crippen molar-refractivity contribution in [3.8, 4) is 0 Å². The Balaban J connectivity index is 2.65. The zero-order chi connectivity index (χ0) is 8.43. The molecule has 0 aliphatic carbocycles. The van der Waals surface area contributed by atoms with Crippen LogP contribution in [0.5, 0.6) is 0 Å². The van der Waals surface area contributed by atoms with Crippen molar-refractivity contribution in [2.75, 3.05) is 0 Å². The first kappa shape index (κ1) is 7.78. The minimum atomic E-state index is -0.669. The molecule has 0 unspecified atom stereocenters. The minimum Gasteiger partial charge on any atom is -0.369 e. The number of carbonyl (C=O) groups excluding carboxylic acids is 2. The van der Waals surface area contributed by atoms with E-state index >= 15 is 0 Å². The summed E-state index contributed by atoms with van der Waals surface area (Å²) < 4.78 is 0. The smallest absolute Gasteiger partial charge is 0.233 e. The molecule has 4 nitrogen and oxygen atoms in total. The van der Waals surface area contributed by atoms with Gasteiger partial charge in [0.1, 0.15) is 5.92 Å². The molecule has 0 bridgehead atoms. The molecule has 1 saturated heterocycles. The summed E-state index contributed by atoms with van der Waals surface area (Å²) in [6.07, 6.45) is 2.04. The fourth-order valence-electron chi connectivity index (χ4n) is 1.10. The summed E-state index contributed by atoms with van der Waals surface area (Å²) in [5, 5.41) is 2.58. The predicted molar refractivity (Wildman–Crippen MR) is 39.4 cm³/mol. The van der Waals surface area contributed by atoms with E-state index in [1.807, 2.05) is 0 Å². The summed E-state index contributed by atoms with van der Waals surface area (Å²) >= 11 is 0. The van der Waals surface area contributed by atoms with Gasteiger partial charge in [-0.3, -0.25) is 9.59 Å². The van der Waals surface area contributed by atoms with Crippen LogP contribution in [0, 0.1) is 5.92 Å². The topological polar surface area (TPSA) is 72.2 Å². The van der Waals surface area contributed by atoms with Crippen molar-refractivity contribution in [3.63, 3.8) is 0 Å². The second-order valence-corrected chi connectivity index (χ2v) is 2.54. The van der Waals surface area contributed by atoms with E-state index in [0.717, 1.165) is 0 Å². The van der Waals surface area contributed by atoms with Gasteiger partial charge >= 0.3 is 0 Å². The standard InChI is InChI=1S/C7H10N2O2/c1-2-4-3-5(6(8)10)7(11)9-4/h2,4-5H,1,3H2,(H2,8,10)(H,9,11)/t4-,5-/m1/s1. The average Bonchev–Trinajstić information content (AvgIpc) is 2.30. The molecule has 1 fully saturated rings. The Kier molecular flexibility index (Phi) is 1.94. The van der Waals surface area contributed by atoms with Crippen LogP contribution in [0.25, 0.3) is 0 Å². The molecule has 0 saturated carbocycles. The quantitative estimate of drug-likeness (QED) is 0.402. The zero-order valence-electron chi connectivity index (χ0n) is 6.04. The van der Waals surface area contributed by atoms with E-state index < -0.39 is 11.8 Å². The van der Waals surface area contributed by atoms with Gasteiger partial charge in [-0.2, -0.15) is 0 Å². The lowest BCUT2D eigenvalue weighted by Crippen LogP contribution is -2.30. The van der Waals surface area contributed by atoms with Gasteiger partial charge in [-0.25, -0.2) is 0 Å². The Bertz CT molecular complexity index is 212. The van der Waals surface area contributed by atoms with Crippen molar-refractivity contribution in [2.45, 2.75) is 12.5 Å². The van der Waals surface area contributed by atoms with Crippen molar-refractivity contribution < 1.29 is 9.59 Å². The number of rotatable bonds is 2. The molecule has 1 aliphatic rings. The first-order valence-corrected chi connectivity index (χ1v) is 3.37. The maximum atomic E-state index is 10.9. The van der Waals surface area contributed by atoms with Crippen molar-refractivity contribution in [3.05, 3.63) is 12.7 Å². The molecular formula is C7H10N2O2. The Morgan fingerprint density at radius 2 is 2.45 bits per heavy atom. The van der Waals surface area contributed by atoms with Crippen LogP contribution in [-0.2, 0) is 9.59 Å². The van der Waals surface area contributed by atoms with E-state index in [-0.39, 0.29) is 11.9 Å². The molecule has 2 atom stereocenters. The Morgan fingerprint density at radius 1 is 1.82 bits per heavy atom. The molecule has 1 rings (SSSR count). The van der Waals surface area contributed by atoms with Gasteiger partial charge in [0.25, 0.3) is 0 Å². The minimum absolute atomic E-state index is 0.0972. The second kappa shape index (κ2) is 2.74. The lowest BCUT2D eigenvalue weighted by Gasteiger charge is -1.98. The summed E-state index contributed by atoms with van der Waals surface area (Å²) in [5.74, 6) is -1.52. The predicted octanol–water partition coefficient (Wildman–Crippen LogP) is -0.838. The molecule has 0 radical (unpaired) electrons. The maximum Gasteiger partial charge on any atom is 0.233 e. The number of primary amides is 1. The molecule has 11 heavy (non-hydrogen) atoms. The first-order chi connectivity index (χ1) is 5.15. The van der Waals surface area contributed by atoms with E-state index in [2.05, 4.69) is 11.9 Å². The van der Waals surface area contributed by atoms with Crippen LogP contribution in [0.3, 0.4) is 0 Å². The molecule has 60 valence electrons. The zero-order valence-corrected chi connectivity index (χ0v) is 6.04. The largest absolute Gasteiger partial charge is 0.369 e. The van der Waals surface area contributed by atoms with Crippen molar-refractivity contribution in [2.24, 2.45) is 11.7 Å². The van der Waals surface area contributed by atoms with Gasteiger partial charge in [0.15, 0.2) is 0 Å². The summed E-state index contributed by atoms with van der Waals surface area (Å²) in [7, 11) is 0. The third-order valence-corrected chi connectivity index (χ3v) is 1.76. The lowest BCUT2D eigenvalue weighted by molar-refractivity contribution is -0.131. The number of nitrogens with two attached hydrogens (primary N) is 1. The van der Waals surface area contributed by atoms with Gasteiger partial charge in [-0.05, 0) is 6.42 Å². The molecule has 0 aromatic rings. The molecule has 2 amide bonds. The van der Waals surface area contributed by atoms with Crippen molar-refractivity contribution in [1.82, 2.24) is 5.32 Å². The fourth-order valence-corrected chi connectivity index (χ4v) is 1.10. The Morgan fingerprint density at radius 3 is 2.73 bits per heavy atom. The summed E-state index contributed by atoms with van der Waals surface area (Å²) in [6.45, 7) is 3.50. The van der Waals surface area contributed by atoms with E-state index in [1.54, 1.807) is 6.08 Å². The highest BCUT2D eigenvalue weighted by molar-refractivity contribution is 6.01. The summed E-state index contributed by atoms with van der Waals surface area (Å²) in [4.78, 5) is 21.5. The van der Waals surface area contributed by atoms with Gasteiger partial charge < -0.3 is 11.1 Å². The fraction of sp³-hybridized carbons (Fsp3) is 0.429. The van der Waals surface area contributed by atoms with E-state index in [0.29, 0.717) is 6.42 Å². The lowest BCUT2D eigenvalue weighted by atomic mass is 10.1. The Labute approximate surface area is 64.4 Å². The first-order valence-electron chi connectivity index (χ1n) is 3.37. The number of nitrogens with one attached hydrogen (secondary N) is 1. The van der Waals surface area contributed by atoms with Crippen LogP contribution in [0.1, 0.15) is 6.42 Å². The summed E-state index contributed by atoms with van der Waals surface area (Å²) in [6, 6.07) is -0.0972. The van der Waals surface area contributed by atoms with Crippen LogP contribution in [-0.4, -0.2) is 17.9 Å². The number of hydrogen-bond donors (Lipinski definition) is 2. The van der Waals surface area contributed by atoms with Gasteiger partial charge in [0, 0.05) is 6.04 Å². The second-order valence-electron chi connectivity index (χ2n) is 2.54.